The predicted molar refractivity (Wildman–Crippen MR) is 82.8 cm³/mol. The van der Waals surface area contributed by atoms with Crippen molar-refractivity contribution in [3.8, 4) is 0 Å². The van der Waals surface area contributed by atoms with Crippen LogP contribution >= 0.6 is 53.0 Å². The molecule has 17 heavy (non-hydrogen) atoms. The first-order valence-electron chi connectivity index (χ1n) is 4.64. The van der Waals surface area contributed by atoms with E-state index in [9.17, 15) is 0 Å². The standard InChI is InChI=1S/C9H13O.6ClH.Sb/c1-4-9-5-7(2)10-8(3)6-9;;;;;;;/h5-6H,4H2,1-3H3;6*1H;/q+1;;;;;;;+5/p-6. The Morgan fingerprint density at radius 1 is 0.941 bits per heavy atom. The molecule has 0 bridgehead atoms. The van der Waals surface area contributed by atoms with Gasteiger partial charge in [-0.25, -0.2) is 4.42 Å². The van der Waals surface area contributed by atoms with Gasteiger partial charge in [-0.2, -0.15) is 0 Å². The van der Waals surface area contributed by atoms with Crippen LogP contribution in [0.2, 0.25) is 0 Å². The van der Waals surface area contributed by atoms with Crippen LogP contribution in [-0.4, -0.2) is 9.14 Å². The third-order valence-corrected chi connectivity index (χ3v) is 1.51. The van der Waals surface area contributed by atoms with Crippen molar-refractivity contribution in [3.05, 3.63) is 29.2 Å². The molecule has 0 saturated heterocycles. The first-order chi connectivity index (χ1) is 7.17. The Labute approximate surface area is 121 Å². The fourth-order valence-electron chi connectivity index (χ4n) is 1.08. The fourth-order valence-corrected chi connectivity index (χ4v) is 1.08. The maximum absolute atomic E-state index is 5.42. The van der Waals surface area contributed by atoms with Crippen LogP contribution in [0.4, 0.5) is 0 Å². The van der Waals surface area contributed by atoms with Crippen LogP contribution in [0.25, 0.3) is 0 Å². The zero-order valence-corrected chi connectivity index (χ0v) is 16.6. The summed E-state index contributed by atoms with van der Waals surface area (Å²) in [5.41, 5.74) is 1.35. The Hall–Kier alpha value is 1.71. The van der Waals surface area contributed by atoms with Crippen molar-refractivity contribution >= 4 is 62.1 Å². The van der Waals surface area contributed by atoms with Crippen molar-refractivity contribution < 1.29 is 4.42 Å². The number of hydrogen-bond acceptors (Lipinski definition) is 0. The number of rotatable bonds is 1. The zero-order valence-electron chi connectivity index (χ0n) is 9.49. The molecule has 0 saturated carbocycles. The third kappa shape index (κ3) is 17.7. The van der Waals surface area contributed by atoms with Gasteiger partial charge in [0, 0.05) is 12.1 Å². The van der Waals surface area contributed by atoms with Gasteiger partial charge in [0.15, 0.2) is 0 Å². The Morgan fingerprint density at radius 2 is 1.24 bits per heavy atom. The van der Waals surface area contributed by atoms with E-state index in [1.54, 1.807) is 0 Å². The van der Waals surface area contributed by atoms with Crippen molar-refractivity contribution in [1.29, 1.82) is 0 Å². The molecule has 0 aliphatic carbocycles. The van der Waals surface area contributed by atoms with Crippen molar-refractivity contribution in [3.63, 3.8) is 0 Å². The second kappa shape index (κ2) is 5.60. The number of hydrogen-bond donors (Lipinski definition) is 0. The molecule has 1 nitrogen and oxygen atoms in total. The molecule has 1 aromatic heterocycles. The summed E-state index contributed by atoms with van der Waals surface area (Å²) in [6.07, 6.45) is 1.08. The molecule has 1 rings (SSSR count). The van der Waals surface area contributed by atoms with E-state index >= 15 is 0 Å². The van der Waals surface area contributed by atoms with Gasteiger partial charge in [0.25, 0.3) is 0 Å². The van der Waals surface area contributed by atoms with E-state index in [4.69, 9.17) is 57.4 Å². The quantitative estimate of drug-likeness (QED) is 0.336. The molecule has 0 aliphatic rings. The number of aryl methyl sites for hydroxylation is 3. The third-order valence-electron chi connectivity index (χ3n) is 1.51. The Bertz CT molecular complexity index is 365. The molecule has 0 amide bonds. The SMILES string of the molecule is CCc1cc(C)[o+]c(C)c1.[Cl][Sb-]([Cl])([Cl])([Cl])([Cl])[Cl]. The topological polar surface area (TPSA) is 11.3 Å². The average molecular weight is 472 g/mol. The Balaban J connectivity index is 0.000000325. The van der Waals surface area contributed by atoms with Crippen LogP contribution in [0.3, 0.4) is 0 Å². The van der Waals surface area contributed by atoms with E-state index in [2.05, 4.69) is 19.1 Å². The molecule has 8 heteroatoms. The summed E-state index contributed by atoms with van der Waals surface area (Å²) in [7, 11) is 25.0. The van der Waals surface area contributed by atoms with Gasteiger partial charge in [-0.05, 0) is 12.0 Å². The normalized spacial score (nSPS) is 15.4. The van der Waals surface area contributed by atoms with Gasteiger partial charge in [0.2, 0.25) is 0 Å². The molecular weight excluding hydrogens is 459 g/mol. The van der Waals surface area contributed by atoms with E-state index in [-0.39, 0.29) is 0 Å². The average Bonchev–Trinajstić information content (AvgIpc) is 1.96. The summed E-state index contributed by atoms with van der Waals surface area (Å²) in [5.74, 6) is 1.99. The summed E-state index contributed by atoms with van der Waals surface area (Å²) < 4.78 is 5.32. The van der Waals surface area contributed by atoms with E-state index in [0.717, 1.165) is 17.9 Å². The minimum atomic E-state index is -5.42. The van der Waals surface area contributed by atoms with Gasteiger partial charge in [-0.3, -0.25) is 0 Å². The second-order valence-corrected chi connectivity index (χ2v) is 60.4. The molecule has 0 spiro atoms. The Kier molecular flexibility index (Phi) is 6.16. The molecule has 0 aromatic carbocycles. The molecule has 1 aromatic rings. The van der Waals surface area contributed by atoms with Gasteiger partial charge in [0.05, 0.1) is 13.8 Å². The first-order valence-corrected chi connectivity index (χ1v) is 24.0. The number of halogens is 6. The summed E-state index contributed by atoms with van der Waals surface area (Å²) >= 11 is 0. The van der Waals surface area contributed by atoms with Crippen molar-refractivity contribution in [2.24, 2.45) is 0 Å². The van der Waals surface area contributed by atoms with Crippen LogP contribution in [0, 0.1) is 13.8 Å². The second-order valence-electron chi connectivity index (χ2n) is 3.50. The monoisotopic (exact) mass is 468 g/mol. The van der Waals surface area contributed by atoms with Crippen LogP contribution in [0.1, 0.15) is 24.0 Å². The first kappa shape index (κ1) is 18.7. The van der Waals surface area contributed by atoms with E-state index in [1.165, 1.54) is 5.56 Å². The van der Waals surface area contributed by atoms with Gasteiger partial charge >= 0.3 is 73.6 Å². The van der Waals surface area contributed by atoms with E-state index < -0.39 is 9.14 Å². The molecule has 1 heterocycles. The Morgan fingerprint density at radius 3 is 1.47 bits per heavy atom. The maximum atomic E-state index is 5.32. The van der Waals surface area contributed by atoms with Gasteiger partial charge in [-0.1, -0.05) is 6.92 Å². The molecule has 0 fully saturated rings. The molecule has 0 radical (unpaired) electrons. The van der Waals surface area contributed by atoms with Gasteiger partial charge in [0.1, 0.15) is 0 Å². The van der Waals surface area contributed by atoms with Crippen LogP contribution in [0.15, 0.2) is 16.5 Å². The zero-order chi connectivity index (χ0) is 14.0. The van der Waals surface area contributed by atoms with Crippen molar-refractivity contribution in [1.82, 2.24) is 0 Å². The molecular formula is C9H13Cl6OSb. The van der Waals surface area contributed by atoms with E-state index in [0.29, 0.717) is 0 Å². The predicted octanol–water partition coefficient (Wildman–Crippen LogP) is 6.50. The molecule has 0 unspecified atom stereocenters. The van der Waals surface area contributed by atoms with Gasteiger partial charge in [-0.15, -0.1) is 0 Å². The molecule has 0 N–H and O–H groups in total. The fraction of sp³-hybridized carbons (Fsp3) is 0.444. The summed E-state index contributed by atoms with van der Waals surface area (Å²) in [6.45, 7) is 6.10. The van der Waals surface area contributed by atoms with Crippen LogP contribution < -0.4 is 0 Å². The van der Waals surface area contributed by atoms with Gasteiger partial charge < -0.3 is 0 Å². The molecule has 102 valence electrons. The summed E-state index contributed by atoms with van der Waals surface area (Å²) in [5, 5.41) is 0. The van der Waals surface area contributed by atoms with Crippen molar-refractivity contribution in [2.45, 2.75) is 27.2 Å². The summed E-state index contributed by atoms with van der Waals surface area (Å²) in [4.78, 5) is 0. The summed E-state index contributed by atoms with van der Waals surface area (Å²) in [6, 6.07) is 4.15. The van der Waals surface area contributed by atoms with Crippen LogP contribution in [0.5, 0.6) is 0 Å². The molecule has 0 atom stereocenters. The molecule has 0 aliphatic heterocycles. The van der Waals surface area contributed by atoms with Crippen molar-refractivity contribution in [2.75, 3.05) is 0 Å². The van der Waals surface area contributed by atoms with Crippen LogP contribution in [-0.2, 0) is 6.42 Å². The van der Waals surface area contributed by atoms with E-state index in [1.807, 2.05) is 13.8 Å². The minimum absolute atomic E-state index is 0.997.